The second-order valence-corrected chi connectivity index (χ2v) is 5.75. The molecular weight excluding hydrogens is 334 g/mol. The van der Waals surface area contributed by atoms with Crippen molar-refractivity contribution in [3.05, 3.63) is 83.7 Å². The van der Waals surface area contributed by atoms with Crippen molar-refractivity contribution in [2.45, 2.75) is 13.0 Å². The van der Waals surface area contributed by atoms with E-state index in [2.05, 4.69) is 37.7 Å². The fraction of sp³-hybridized carbons (Fsp3) is 0.105. The van der Waals surface area contributed by atoms with Gasteiger partial charge in [-0.3, -0.25) is 0 Å². The number of halogens is 1. The number of benzene rings is 2. The number of hydrogen-bond donors (Lipinski definition) is 1. The molecule has 2 aromatic carbocycles. The number of aromatic amines is 1. The molecule has 0 fully saturated rings. The summed E-state index contributed by atoms with van der Waals surface area (Å²) in [6, 6.07) is 16.1. The van der Waals surface area contributed by atoms with Crippen LogP contribution >= 0.6 is 12.4 Å². The molecule has 25 heavy (non-hydrogen) atoms. The molecule has 2 heterocycles. The smallest absolute Gasteiger partial charge is 0.0991 e. The van der Waals surface area contributed by atoms with Crippen molar-refractivity contribution in [1.29, 1.82) is 5.26 Å². The molecule has 0 radical (unpaired) electrons. The third-order valence-electron chi connectivity index (χ3n) is 4.10. The summed E-state index contributed by atoms with van der Waals surface area (Å²) in [6.45, 7) is 0.743. The summed E-state index contributed by atoms with van der Waals surface area (Å²) in [4.78, 5) is 11.7. The maximum atomic E-state index is 8.88. The number of aromatic nitrogens is 4. The lowest BCUT2D eigenvalue weighted by Crippen LogP contribution is -2.04. The molecule has 1 N–H and O–H groups in total. The van der Waals surface area contributed by atoms with E-state index in [0.29, 0.717) is 5.56 Å². The second kappa shape index (κ2) is 7.20. The van der Waals surface area contributed by atoms with Crippen molar-refractivity contribution in [2.24, 2.45) is 0 Å². The SMILES string of the molecule is Cl.N#Cc1ccc(Cn2cncc2Cc2ccc3nc[nH]c3c2)cc1. The minimum atomic E-state index is 0. The molecule has 4 rings (SSSR count). The van der Waals surface area contributed by atoms with Gasteiger partial charge in [0.15, 0.2) is 0 Å². The van der Waals surface area contributed by atoms with Gasteiger partial charge in [0.05, 0.1) is 35.3 Å². The first-order chi connectivity index (χ1) is 11.8. The lowest BCUT2D eigenvalue weighted by Gasteiger charge is -2.09. The van der Waals surface area contributed by atoms with Crippen LogP contribution in [-0.4, -0.2) is 19.5 Å². The van der Waals surface area contributed by atoms with Crippen LogP contribution in [0.15, 0.2) is 61.3 Å². The van der Waals surface area contributed by atoms with Crippen LogP contribution in [0.4, 0.5) is 0 Å². The Morgan fingerprint density at radius 1 is 1.08 bits per heavy atom. The predicted octanol–water partition coefficient (Wildman–Crippen LogP) is 3.69. The number of rotatable bonds is 4. The normalized spacial score (nSPS) is 10.4. The molecule has 5 nitrogen and oxygen atoms in total. The molecule has 0 saturated carbocycles. The average molecular weight is 350 g/mol. The molecule has 0 amide bonds. The Morgan fingerprint density at radius 3 is 2.68 bits per heavy atom. The van der Waals surface area contributed by atoms with Crippen LogP contribution in [0.1, 0.15) is 22.4 Å². The lowest BCUT2D eigenvalue weighted by molar-refractivity contribution is 0.753. The molecule has 0 aliphatic heterocycles. The zero-order chi connectivity index (χ0) is 16.4. The van der Waals surface area contributed by atoms with Gasteiger partial charge in [-0.1, -0.05) is 18.2 Å². The first kappa shape index (κ1) is 16.7. The quantitative estimate of drug-likeness (QED) is 0.610. The summed E-state index contributed by atoms with van der Waals surface area (Å²) in [5.74, 6) is 0. The van der Waals surface area contributed by atoms with E-state index in [1.165, 1.54) is 5.56 Å². The Kier molecular flexibility index (Phi) is 4.82. The molecule has 0 atom stereocenters. The predicted molar refractivity (Wildman–Crippen MR) is 98.6 cm³/mol. The summed E-state index contributed by atoms with van der Waals surface area (Å²) < 4.78 is 2.14. The monoisotopic (exact) mass is 349 g/mol. The highest BCUT2D eigenvalue weighted by atomic mass is 35.5. The number of fused-ring (bicyclic) bond motifs is 1. The van der Waals surface area contributed by atoms with Crippen LogP contribution in [0.2, 0.25) is 0 Å². The standard InChI is InChI=1S/C19H15N5.ClH/c20-9-14-1-3-15(4-2-14)11-24-13-21-10-17(24)7-16-5-6-18-19(8-16)23-12-22-18;/h1-6,8,10,12-13H,7,11H2,(H,22,23);1H. The number of nitrogens with zero attached hydrogens (tertiary/aromatic N) is 4. The first-order valence-electron chi connectivity index (χ1n) is 7.72. The highest BCUT2D eigenvalue weighted by Gasteiger charge is 2.06. The molecule has 0 aliphatic carbocycles. The topological polar surface area (TPSA) is 70.3 Å². The number of nitrogens with one attached hydrogen (secondary N) is 1. The summed E-state index contributed by atoms with van der Waals surface area (Å²) in [6.07, 6.45) is 6.28. The number of nitriles is 1. The highest BCUT2D eigenvalue weighted by Crippen LogP contribution is 2.16. The fourth-order valence-electron chi connectivity index (χ4n) is 2.82. The maximum absolute atomic E-state index is 8.88. The van der Waals surface area contributed by atoms with E-state index in [9.17, 15) is 0 Å². The van der Waals surface area contributed by atoms with Gasteiger partial charge in [0.1, 0.15) is 0 Å². The van der Waals surface area contributed by atoms with Crippen LogP contribution in [0.5, 0.6) is 0 Å². The average Bonchev–Trinajstić information content (AvgIpc) is 3.25. The van der Waals surface area contributed by atoms with Crippen LogP contribution in [0.25, 0.3) is 11.0 Å². The Labute approximate surface area is 151 Å². The minimum absolute atomic E-state index is 0. The van der Waals surface area contributed by atoms with E-state index in [1.54, 1.807) is 6.33 Å². The summed E-state index contributed by atoms with van der Waals surface area (Å²) in [5, 5.41) is 8.88. The number of H-pyrrole nitrogens is 1. The Balaban J connectivity index is 0.00000182. The first-order valence-corrected chi connectivity index (χ1v) is 7.72. The van der Waals surface area contributed by atoms with Gasteiger partial charge >= 0.3 is 0 Å². The number of hydrogen-bond acceptors (Lipinski definition) is 3. The maximum Gasteiger partial charge on any atom is 0.0991 e. The van der Waals surface area contributed by atoms with Gasteiger partial charge in [-0.25, -0.2) is 9.97 Å². The Morgan fingerprint density at radius 2 is 1.88 bits per heavy atom. The molecule has 0 bridgehead atoms. The second-order valence-electron chi connectivity index (χ2n) is 5.75. The molecular formula is C19H16ClN5. The Hall–Kier alpha value is -3.10. The van der Waals surface area contributed by atoms with Crippen molar-refractivity contribution < 1.29 is 0 Å². The molecule has 4 aromatic rings. The minimum Gasteiger partial charge on any atom is -0.345 e. The highest BCUT2D eigenvalue weighted by molar-refractivity contribution is 5.85. The number of imidazole rings is 2. The van der Waals surface area contributed by atoms with E-state index < -0.39 is 0 Å². The third-order valence-corrected chi connectivity index (χ3v) is 4.10. The molecule has 6 heteroatoms. The zero-order valence-corrected chi connectivity index (χ0v) is 14.2. The molecule has 124 valence electrons. The summed E-state index contributed by atoms with van der Waals surface area (Å²) in [7, 11) is 0. The molecule has 0 spiro atoms. The van der Waals surface area contributed by atoms with Crippen molar-refractivity contribution in [3.63, 3.8) is 0 Å². The molecule has 0 aliphatic rings. The van der Waals surface area contributed by atoms with E-state index >= 15 is 0 Å². The van der Waals surface area contributed by atoms with Crippen molar-refractivity contribution in [2.75, 3.05) is 0 Å². The molecule has 2 aromatic heterocycles. The van der Waals surface area contributed by atoms with Gasteiger partial charge < -0.3 is 9.55 Å². The van der Waals surface area contributed by atoms with E-state index in [-0.39, 0.29) is 12.4 Å². The van der Waals surface area contributed by atoms with E-state index in [0.717, 1.165) is 35.3 Å². The molecule has 0 saturated heterocycles. The fourth-order valence-corrected chi connectivity index (χ4v) is 2.82. The van der Waals surface area contributed by atoms with Crippen LogP contribution < -0.4 is 0 Å². The van der Waals surface area contributed by atoms with Gasteiger partial charge in [-0.2, -0.15) is 5.26 Å². The largest absolute Gasteiger partial charge is 0.345 e. The van der Waals surface area contributed by atoms with E-state index in [1.807, 2.05) is 42.9 Å². The van der Waals surface area contributed by atoms with Crippen molar-refractivity contribution >= 4 is 23.4 Å². The summed E-state index contributed by atoms with van der Waals surface area (Å²) >= 11 is 0. The van der Waals surface area contributed by atoms with Crippen molar-refractivity contribution in [1.82, 2.24) is 19.5 Å². The van der Waals surface area contributed by atoms with Crippen LogP contribution in [0.3, 0.4) is 0 Å². The molecule has 0 unspecified atom stereocenters. The zero-order valence-electron chi connectivity index (χ0n) is 13.4. The van der Waals surface area contributed by atoms with Gasteiger partial charge in [0.25, 0.3) is 0 Å². The van der Waals surface area contributed by atoms with Crippen LogP contribution in [-0.2, 0) is 13.0 Å². The van der Waals surface area contributed by atoms with Crippen LogP contribution in [0, 0.1) is 11.3 Å². The van der Waals surface area contributed by atoms with Gasteiger partial charge in [-0.05, 0) is 35.4 Å². The van der Waals surface area contributed by atoms with Gasteiger partial charge in [0.2, 0.25) is 0 Å². The van der Waals surface area contributed by atoms with Crippen molar-refractivity contribution in [3.8, 4) is 6.07 Å². The van der Waals surface area contributed by atoms with Gasteiger partial charge in [-0.15, -0.1) is 12.4 Å². The van der Waals surface area contributed by atoms with E-state index in [4.69, 9.17) is 5.26 Å². The van der Waals surface area contributed by atoms with Gasteiger partial charge in [0, 0.05) is 24.9 Å². The Bertz CT molecular complexity index is 1020. The summed E-state index contributed by atoms with van der Waals surface area (Å²) in [5.41, 5.74) is 6.22. The lowest BCUT2D eigenvalue weighted by atomic mass is 10.1. The third kappa shape index (κ3) is 3.54.